The second-order valence-electron chi connectivity index (χ2n) is 5.45. The maximum Gasteiger partial charge on any atom is 0.416 e. The molecule has 1 saturated heterocycles. The zero-order valence-electron chi connectivity index (χ0n) is 12.2. The van der Waals surface area contributed by atoms with Crippen molar-refractivity contribution in [3.63, 3.8) is 0 Å². The number of hydrogen-bond acceptors (Lipinski definition) is 4. The summed E-state index contributed by atoms with van der Waals surface area (Å²) in [4.78, 5) is 27.4. The van der Waals surface area contributed by atoms with Gasteiger partial charge in [-0.25, -0.2) is 0 Å². The highest BCUT2D eigenvalue weighted by Crippen LogP contribution is 2.31. The Hall–Kier alpha value is -2.16. The Morgan fingerprint density at radius 1 is 1.35 bits per heavy atom. The minimum absolute atomic E-state index is 0.244. The topological polar surface area (TPSA) is 97.1 Å². The summed E-state index contributed by atoms with van der Waals surface area (Å²) < 4.78 is 38.8. The summed E-state index contributed by atoms with van der Waals surface area (Å²) in [6, 6.07) is 0.816. The standard InChI is InChI=1S/C14H17F3N4O2/c15-14(16,17)10-1-4-20-8-9(10)7-11(22)21-13(12(18)23)2-5-19-6-3-13/h1,4,8,19H,2-3,5-7H2,(H2,18,23)(H,21,22). The molecule has 23 heavy (non-hydrogen) atoms. The molecule has 126 valence electrons. The van der Waals surface area contributed by atoms with Crippen LogP contribution in [0.25, 0.3) is 0 Å². The second-order valence-corrected chi connectivity index (χ2v) is 5.45. The summed E-state index contributed by atoms with van der Waals surface area (Å²) >= 11 is 0. The third kappa shape index (κ3) is 3.98. The predicted octanol–water partition coefficient (Wildman–Crippen LogP) is 0.367. The Labute approximate surface area is 130 Å². The van der Waals surface area contributed by atoms with Gasteiger partial charge in [-0.15, -0.1) is 0 Å². The van der Waals surface area contributed by atoms with Crippen molar-refractivity contribution in [2.45, 2.75) is 31.0 Å². The molecular formula is C14H17F3N4O2. The fourth-order valence-electron chi connectivity index (χ4n) is 2.62. The first-order chi connectivity index (χ1) is 10.7. The molecule has 0 aliphatic carbocycles. The third-order valence-corrected chi connectivity index (χ3v) is 3.87. The van der Waals surface area contributed by atoms with E-state index in [0.29, 0.717) is 25.9 Å². The molecule has 2 amide bonds. The summed E-state index contributed by atoms with van der Waals surface area (Å²) in [5, 5.41) is 5.54. The lowest BCUT2D eigenvalue weighted by molar-refractivity contribution is -0.138. The average Bonchev–Trinajstić information content (AvgIpc) is 2.47. The molecule has 0 atom stereocenters. The number of halogens is 3. The number of primary amides is 1. The molecule has 4 N–H and O–H groups in total. The van der Waals surface area contributed by atoms with Crippen LogP contribution in [0.4, 0.5) is 13.2 Å². The maximum atomic E-state index is 12.9. The zero-order valence-corrected chi connectivity index (χ0v) is 12.2. The summed E-state index contributed by atoms with van der Waals surface area (Å²) in [5.74, 6) is -1.38. The summed E-state index contributed by atoms with van der Waals surface area (Å²) in [6.07, 6.45) is -2.48. The van der Waals surface area contributed by atoms with Gasteiger partial charge in [0, 0.05) is 12.4 Å². The number of carbonyl (C=O) groups excluding carboxylic acids is 2. The van der Waals surface area contributed by atoms with Crippen LogP contribution in [0, 0.1) is 0 Å². The van der Waals surface area contributed by atoms with Gasteiger partial charge in [0.1, 0.15) is 5.54 Å². The predicted molar refractivity (Wildman–Crippen MR) is 75.1 cm³/mol. The van der Waals surface area contributed by atoms with Gasteiger partial charge < -0.3 is 16.4 Å². The molecule has 0 unspecified atom stereocenters. The Kier molecular flexibility index (Phi) is 4.88. The normalized spacial score (nSPS) is 17.5. The van der Waals surface area contributed by atoms with Gasteiger partial charge in [-0.2, -0.15) is 13.2 Å². The quantitative estimate of drug-likeness (QED) is 0.743. The Bertz CT molecular complexity index is 598. The first kappa shape index (κ1) is 17.2. The van der Waals surface area contributed by atoms with Gasteiger partial charge in [0.25, 0.3) is 0 Å². The summed E-state index contributed by atoms with van der Waals surface area (Å²) in [7, 11) is 0. The van der Waals surface area contributed by atoms with E-state index >= 15 is 0 Å². The molecule has 0 bridgehead atoms. The van der Waals surface area contributed by atoms with Gasteiger partial charge in [-0.3, -0.25) is 14.6 Å². The highest BCUT2D eigenvalue weighted by Gasteiger charge is 2.40. The maximum absolute atomic E-state index is 12.9. The molecule has 1 aromatic rings. The third-order valence-electron chi connectivity index (χ3n) is 3.87. The SMILES string of the molecule is NC(=O)C1(NC(=O)Cc2cnccc2C(F)(F)F)CCNCC1. The van der Waals surface area contributed by atoms with Gasteiger partial charge in [0.15, 0.2) is 0 Å². The van der Waals surface area contributed by atoms with E-state index in [1.54, 1.807) is 0 Å². The monoisotopic (exact) mass is 330 g/mol. The van der Waals surface area contributed by atoms with E-state index in [1.807, 2.05) is 0 Å². The van der Waals surface area contributed by atoms with Gasteiger partial charge in [0.2, 0.25) is 11.8 Å². The van der Waals surface area contributed by atoms with Crippen molar-refractivity contribution >= 4 is 11.8 Å². The van der Waals surface area contributed by atoms with Gasteiger partial charge >= 0.3 is 6.18 Å². The van der Waals surface area contributed by atoms with Crippen LogP contribution in [0.1, 0.15) is 24.0 Å². The fraction of sp³-hybridized carbons (Fsp3) is 0.500. The van der Waals surface area contributed by atoms with Crippen LogP contribution < -0.4 is 16.4 Å². The van der Waals surface area contributed by atoms with E-state index < -0.39 is 35.5 Å². The Balaban J connectivity index is 2.15. The van der Waals surface area contributed by atoms with Crippen LogP contribution >= 0.6 is 0 Å². The number of amides is 2. The van der Waals surface area contributed by atoms with Crippen LogP contribution in [0.5, 0.6) is 0 Å². The van der Waals surface area contributed by atoms with Crippen molar-refractivity contribution in [3.8, 4) is 0 Å². The number of nitrogens with two attached hydrogens (primary N) is 1. The van der Waals surface area contributed by atoms with E-state index in [0.717, 1.165) is 18.5 Å². The number of aromatic nitrogens is 1. The van der Waals surface area contributed by atoms with E-state index in [9.17, 15) is 22.8 Å². The summed E-state index contributed by atoms with van der Waals surface area (Å²) in [6.45, 7) is 0.980. The van der Waals surface area contributed by atoms with Crippen LogP contribution in [-0.4, -0.2) is 35.4 Å². The zero-order chi connectivity index (χ0) is 17.1. The number of rotatable bonds is 4. The van der Waals surface area contributed by atoms with E-state index in [2.05, 4.69) is 15.6 Å². The average molecular weight is 330 g/mol. The highest BCUT2D eigenvalue weighted by molar-refractivity contribution is 5.91. The number of hydrogen-bond donors (Lipinski definition) is 3. The molecule has 1 aliphatic heterocycles. The van der Waals surface area contributed by atoms with Crippen LogP contribution in [-0.2, 0) is 22.2 Å². The Morgan fingerprint density at radius 2 is 2.00 bits per heavy atom. The lowest BCUT2D eigenvalue weighted by Gasteiger charge is -2.35. The number of nitrogens with zero attached hydrogens (tertiary/aromatic N) is 1. The smallest absolute Gasteiger partial charge is 0.368 e. The van der Waals surface area contributed by atoms with Crippen molar-refractivity contribution in [1.82, 2.24) is 15.6 Å². The molecule has 1 aromatic heterocycles. The minimum Gasteiger partial charge on any atom is -0.368 e. The molecule has 0 spiro atoms. The molecule has 0 aromatic carbocycles. The molecule has 2 rings (SSSR count). The van der Waals surface area contributed by atoms with Crippen LogP contribution in [0.3, 0.4) is 0 Å². The lowest BCUT2D eigenvalue weighted by atomic mass is 9.87. The molecule has 9 heteroatoms. The first-order valence-corrected chi connectivity index (χ1v) is 7.06. The van der Waals surface area contributed by atoms with Crippen molar-refractivity contribution in [2.24, 2.45) is 5.73 Å². The molecule has 6 nitrogen and oxygen atoms in total. The van der Waals surface area contributed by atoms with Crippen LogP contribution in [0.15, 0.2) is 18.5 Å². The van der Waals surface area contributed by atoms with Gasteiger partial charge in [0.05, 0.1) is 12.0 Å². The minimum atomic E-state index is -4.57. The van der Waals surface area contributed by atoms with Crippen molar-refractivity contribution in [1.29, 1.82) is 0 Å². The van der Waals surface area contributed by atoms with Crippen molar-refractivity contribution < 1.29 is 22.8 Å². The molecule has 1 aliphatic rings. The van der Waals surface area contributed by atoms with Crippen molar-refractivity contribution in [2.75, 3.05) is 13.1 Å². The fourth-order valence-corrected chi connectivity index (χ4v) is 2.62. The van der Waals surface area contributed by atoms with E-state index in [1.165, 1.54) is 0 Å². The number of piperidine rings is 1. The molecular weight excluding hydrogens is 313 g/mol. The first-order valence-electron chi connectivity index (χ1n) is 7.06. The highest BCUT2D eigenvalue weighted by atomic mass is 19.4. The molecule has 1 fully saturated rings. The second kappa shape index (κ2) is 6.53. The van der Waals surface area contributed by atoms with E-state index in [-0.39, 0.29) is 5.56 Å². The molecule has 2 heterocycles. The molecule has 0 radical (unpaired) electrons. The summed E-state index contributed by atoms with van der Waals surface area (Å²) in [5.41, 5.74) is 2.99. The molecule has 0 saturated carbocycles. The van der Waals surface area contributed by atoms with Crippen LogP contribution in [0.2, 0.25) is 0 Å². The number of carbonyl (C=O) groups is 2. The lowest BCUT2D eigenvalue weighted by Crippen LogP contribution is -2.62. The largest absolute Gasteiger partial charge is 0.416 e. The number of pyridine rings is 1. The Morgan fingerprint density at radius 3 is 2.57 bits per heavy atom. The van der Waals surface area contributed by atoms with Crippen molar-refractivity contribution in [3.05, 3.63) is 29.6 Å². The number of alkyl halides is 3. The van der Waals surface area contributed by atoms with Gasteiger partial charge in [-0.1, -0.05) is 0 Å². The number of nitrogens with one attached hydrogen (secondary N) is 2. The van der Waals surface area contributed by atoms with E-state index in [4.69, 9.17) is 5.73 Å². The van der Waals surface area contributed by atoms with Gasteiger partial charge in [-0.05, 0) is 37.6 Å².